The summed E-state index contributed by atoms with van der Waals surface area (Å²) in [6, 6.07) is 6.00. The number of likely N-dealkylation sites (tertiary alicyclic amines) is 1. The molecule has 25 heavy (non-hydrogen) atoms. The van der Waals surface area contributed by atoms with E-state index in [9.17, 15) is 18.3 Å². The molecule has 1 aromatic carbocycles. The molecule has 1 atom stereocenters. The van der Waals surface area contributed by atoms with Crippen LogP contribution in [0.4, 0.5) is 5.69 Å². The van der Waals surface area contributed by atoms with Crippen LogP contribution in [0.2, 0.25) is 0 Å². The summed E-state index contributed by atoms with van der Waals surface area (Å²) in [5, 5.41) is 21.3. The first-order chi connectivity index (χ1) is 11.9. The van der Waals surface area contributed by atoms with E-state index in [-0.39, 0.29) is 33.9 Å². The standard InChI is InChI=1S/C17H23N3O4S/c1-2-25(23,24)14-6-7-16(21)15(11-14)19-17(22)13-5-3-9-20(12-13)10-4-8-18/h6-7,11,13,21H,2-5,9-10,12H2,1H3,(H,19,22). The number of hydrogen-bond acceptors (Lipinski definition) is 6. The van der Waals surface area contributed by atoms with Gasteiger partial charge in [0.2, 0.25) is 5.91 Å². The van der Waals surface area contributed by atoms with Crippen LogP contribution in [-0.4, -0.2) is 49.7 Å². The summed E-state index contributed by atoms with van der Waals surface area (Å²) >= 11 is 0. The number of phenolic OH excluding ortho intramolecular Hbond substituents is 1. The van der Waals surface area contributed by atoms with Crippen LogP contribution in [0.3, 0.4) is 0 Å². The monoisotopic (exact) mass is 365 g/mol. The van der Waals surface area contributed by atoms with Gasteiger partial charge < -0.3 is 15.3 Å². The Bertz CT molecular complexity index is 771. The lowest BCUT2D eigenvalue weighted by molar-refractivity contribution is -0.121. The second kappa shape index (κ2) is 8.32. The van der Waals surface area contributed by atoms with Gasteiger partial charge in [0.05, 0.1) is 28.3 Å². The molecule has 0 aliphatic carbocycles. The van der Waals surface area contributed by atoms with Gasteiger partial charge in [-0.15, -0.1) is 0 Å². The first kappa shape index (κ1) is 19.2. The number of aromatic hydroxyl groups is 1. The summed E-state index contributed by atoms with van der Waals surface area (Å²) in [5.41, 5.74) is 0.105. The van der Waals surface area contributed by atoms with Crippen LogP contribution in [0.5, 0.6) is 5.75 Å². The highest BCUT2D eigenvalue weighted by Gasteiger charge is 2.26. The maximum atomic E-state index is 12.5. The largest absolute Gasteiger partial charge is 0.506 e. The Morgan fingerprint density at radius 3 is 2.92 bits per heavy atom. The van der Waals surface area contributed by atoms with Crippen molar-refractivity contribution in [2.24, 2.45) is 5.92 Å². The third-order valence-corrected chi connectivity index (χ3v) is 6.11. The molecular formula is C17H23N3O4S. The van der Waals surface area contributed by atoms with Gasteiger partial charge in [-0.05, 0) is 37.6 Å². The number of benzene rings is 1. The summed E-state index contributed by atoms with van der Waals surface area (Å²) in [7, 11) is -3.42. The number of phenols is 1. The van der Waals surface area contributed by atoms with Gasteiger partial charge in [-0.25, -0.2) is 8.42 Å². The molecule has 0 spiro atoms. The molecule has 7 nitrogen and oxygen atoms in total. The van der Waals surface area contributed by atoms with E-state index in [2.05, 4.69) is 16.3 Å². The maximum absolute atomic E-state index is 12.5. The van der Waals surface area contributed by atoms with Gasteiger partial charge in [0, 0.05) is 19.5 Å². The van der Waals surface area contributed by atoms with Gasteiger partial charge >= 0.3 is 0 Å². The number of carbonyl (C=O) groups is 1. The summed E-state index contributed by atoms with van der Waals surface area (Å²) in [6.07, 6.45) is 2.01. The van der Waals surface area contributed by atoms with E-state index in [1.54, 1.807) is 0 Å². The van der Waals surface area contributed by atoms with Crippen molar-refractivity contribution >= 4 is 21.4 Å². The molecule has 136 valence electrons. The molecule has 8 heteroatoms. The maximum Gasteiger partial charge on any atom is 0.228 e. The molecule has 2 rings (SSSR count). The van der Waals surface area contributed by atoms with Crippen molar-refractivity contribution in [3.05, 3.63) is 18.2 Å². The second-order valence-corrected chi connectivity index (χ2v) is 8.40. The molecule has 1 aromatic rings. The van der Waals surface area contributed by atoms with Crippen LogP contribution in [0.15, 0.2) is 23.1 Å². The minimum absolute atomic E-state index is 0.0539. The van der Waals surface area contributed by atoms with E-state index < -0.39 is 9.84 Å². The number of nitrogens with zero attached hydrogens (tertiary/aromatic N) is 2. The van der Waals surface area contributed by atoms with Gasteiger partial charge in [0.15, 0.2) is 9.84 Å². The lowest BCUT2D eigenvalue weighted by atomic mass is 9.97. The fourth-order valence-corrected chi connectivity index (χ4v) is 3.80. The highest BCUT2D eigenvalue weighted by molar-refractivity contribution is 7.91. The fraction of sp³-hybridized carbons (Fsp3) is 0.529. The van der Waals surface area contributed by atoms with Gasteiger partial charge in [0.1, 0.15) is 5.75 Å². The molecular weight excluding hydrogens is 342 g/mol. The van der Waals surface area contributed by atoms with Gasteiger partial charge in [-0.3, -0.25) is 4.79 Å². The number of nitrogens with one attached hydrogen (secondary N) is 1. The molecule has 1 saturated heterocycles. The predicted octanol–water partition coefficient (Wildman–Crippen LogP) is 1.75. The highest BCUT2D eigenvalue weighted by atomic mass is 32.2. The molecule has 0 radical (unpaired) electrons. The average Bonchev–Trinajstić information content (AvgIpc) is 2.61. The molecule has 1 fully saturated rings. The fourth-order valence-electron chi connectivity index (χ4n) is 2.89. The van der Waals surface area contributed by atoms with Crippen molar-refractivity contribution in [2.45, 2.75) is 31.1 Å². The van der Waals surface area contributed by atoms with Crippen molar-refractivity contribution < 1.29 is 18.3 Å². The quantitative estimate of drug-likeness (QED) is 0.743. The van der Waals surface area contributed by atoms with E-state index in [1.807, 2.05) is 0 Å². The van der Waals surface area contributed by atoms with Crippen LogP contribution in [0.25, 0.3) is 0 Å². The zero-order valence-corrected chi connectivity index (χ0v) is 15.1. The number of amides is 1. The Hall–Kier alpha value is -2.11. The minimum atomic E-state index is -3.42. The van der Waals surface area contributed by atoms with Crippen LogP contribution in [0, 0.1) is 17.2 Å². The predicted molar refractivity (Wildman–Crippen MR) is 93.9 cm³/mol. The SMILES string of the molecule is CCS(=O)(=O)c1ccc(O)c(NC(=O)C2CCCN(CCC#N)C2)c1. The summed E-state index contributed by atoms with van der Waals surface area (Å²) in [5.74, 6) is -0.719. The molecule has 1 amide bonds. The summed E-state index contributed by atoms with van der Waals surface area (Å²) in [6.45, 7) is 3.59. The van der Waals surface area contributed by atoms with E-state index >= 15 is 0 Å². The second-order valence-electron chi connectivity index (χ2n) is 6.12. The van der Waals surface area contributed by atoms with Crippen molar-refractivity contribution in [3.8, 4) is 11.8 Å². The van der Waals surface area contributed by atoms with Crippen molar-refractivity contribution in [2.75, 3.05) is 30.7 Å². The molecule has 0 aromatic heterocycles. The molecule has 2 N–H and O–H groups in total. The van der Waals surface area contributed by atoms with Crippen molar-refractivity contribution in [3.63, 3.8) is 0 Å². The lowest BCUT2D eigenvalue weighted by Gasteiger charge is -2.31. The summed E-state index contributed by atoms with van der Waals surface area (Å²) < 4.78 is 23.9. The summed E-state index contributed by atoms with van der Waals surface area (Å²) in [4.78, 5) is 14.7. The lowest BCUT2D eigenvalue weighted by Crippen LogP contribution is -2.41. The van der Waals surface area contributed by atoms with Gasteiger partial charge in [-0.2, -0.15) is 5.26 Å². The average molecular weight is 365 g/mol. The third kappa shape index (κ3) is 4.94. The first-order valence-corrected chi connectivity index (χ1v) is 9.98. The molecule has 1 aliphatic rings. The van der Waals surface area contributed by atoms with Crippen LogP contribution in [0.1, 0.15) is 26.2 Å². The van der Waals surface area contributed by atoms with E-state index in [0.29, 0.717) is 19.5 Å². The topological polar surface area (TPSA) is 110 Å². The van der Waals surface area contributed by atoms with Crippen LogP contribution < -0.4 is 5.32 Å². The molecule has 0 bridgehead atoms. The van der Waals surface area contributed by atoms with E-state index in [0.717, 1.165) is 19.4 Å². The Labute approximate surface area is 148 Å². The number of rotatable bonds is 6. The number of piperidine rings is 1. The van der Waals surface area contributed by atoms with Gasteiger partial charge in [0.25, 0.3) is 0 Å². The zero-order valence-electron chi connectivity index (χ0n) is 14.2. The normalized spacial score (nSPS) is 18.5. The number of carbonyl (C=O) groups excluding carboxylic acids is 1. The molecule has 1 aliphatic heterocycles. The third-order valence-electron chi connectivity index (χ3n) is 4.38. The van der Waals surface area contributed by atoms with Gasteiger partial charge in [-0.1, -0.05) is 6.92 Å². The van der Waals surface area contributed by atoms with Crippen LogP contribution >= 0.6 is 0 Å². The van der Waals surface area contributed by atoms with Crippen molar-refractivity contribution in [1.82, 2.24) is 4.90 Å². The Morgan fingerprint density at radius 2 is 2.24 bits per heavy atom. The van der Waals surface area contributed by atoms with E-state index in [1.165, 1.54) is 25.1 Å². The number of anilines is 1. The Morgan fingerprint density at radius 1 is 1.48 bits per heavy atom. The Kier molecular flexibility index (Phi) is 6.39. The smallest absolute Gasteiger partial charge is 0.228 e. The van der Waals surface area contributed by atoms with Crippen LogP contribution in [-0.2, 0) is 14.6 Å². The first-order valence-electron chi connectivity index (χ1n) is 8.33. The molecule has 1 unspecified atom stereocenters. The highest BCUT2D eigenvalue weighted by Crippen LogP contribution is 2.28. The molecule has 0 saturated carbocycles. The van der Waals surface area contributed by atoms with E-state index in [4.69, 9.17) is 5.26 Å². The minimum Gasteiger partial charge on any atom is -0.506 e. The number of sulfone groups is 1. The number of nitriles is 1. The number of hydrogen-bond donors (Lipinski definition) is 2. The Balaban J connectivity index is 2.10. The van der Waals surface area contributed by atoms with Crippen molar-refractivity contribution in [1.29, 1.82) is 5.26 Å². The molecule has 1 heterocycles. The zero-order chi connectivity index (χ0) is 18.4.